The van der Waals surface area contributed by atoms with Crippen LogP contribution in [0.15, 0.2) is 41.3 Å². The van der Waals surface area contributed by atoms with Crippen molar-refractivity contribution in [3.63, 3.8) is 0 Å². The second kappa shape index (κ2) is 5.47. The Morgan fingerprint density at radius 2 is 2.33 bits per heavy atom. The summed E-state index contributed by atoms with van der Waals surface area (Å²) in [7, 11) is 0. The predicted molar refractivity (Wildman–Crippen MR) is 80.3 cm³/mol. The van der Waals surface area contributed by atoms with Crippen molar-refractivity contribution in [2.75, 3.05) is 6.54 Å². The van der Waals surface area contributed by atoms with E-state index in [9.17, 15) is 9.18 Å². The van der Waals surface area contributed by atoms with Crippen LogP contribution < -0.4 is 5.32 Å². The monoisotopic (exact) mass is 289 g/mol. The van der Waals surface area contributed by atoms with Gasteiger partial charge < -0.3 is 10.2 Å². The molecule has 1 saturated heterocycles. The molecule has 3 rings (SSSR count). The summed E-state index contributed by atoms with van der Waals surface area (Å²) in [5.74, 6) is 0.410. The Morgan fingerprint density at radius 1 is 1.52 bits per heavy atom. The third kappa shape index (κ3) is 2.64. The zero-order chi connectivity index (χ0) is 15.0. The summed E-state index contributed by atoms with van der Waals surface area (Å²) in [6, 6.07) is 0.0512. The van der Waals surface area contributed by atoms with Crippen LogP contribution in [0.2, 0.25) is 0 Å². The summed E-state index contributed by atoms with van der Waals surface area (Å²) in [6.45, 7) is 6.23. The summed E-state index contributed by atoms with van der Waals surface area (Å²) in [5.41, 5.74) is 0.903. The van der Waals surface area contributed by atoms with Crippen LogP contribution in [0.4, 0.5) is 4.39 Å². The molecule has 1 N–H and O–H groups in total. The van der Waals surface area contributed by atoms with Crippen molar-refractivity contribution in [1.29, 1.82) is 0 Å². The molecule has 2 aliphatic heterocycles. The van der Waals surface area contributed by atoms with E-state index < -0.39 is 0 Å². The molecule has 3 aliphatic rings. The van der Waals surface area contributed by atoms with E-state index in [-0.39, 0.29) is 23.8 Å². The summed E-state index contributed by atoms with van der Waals surface area (Å²) in [5, 5.41) is 3.02. The molecule has 0 radical (unpaired) electrons. The summed E-state index contributed by atoms with van der Waals surface area (Å²) < 4.78 is 14.0. The van der Waals surface area contributed by atoms with Gasteiger partial charge in [-0.1, -0.05) is 12.7 Å². The zero-order valence-electron chi connectivity index (χ0n) is 12.2. The number of hydrogen-bond donors (Lipinski definition) is 1. The second-order valence-corrected chi connectivity index (χ2v) is 5.94. The fourth-order valence-corrected chi connectivity index (χ4v) is 3.49. The molecule has 5 heteroatoms. The number of nitrogens with zero attached hydrogens (tertiary/aromatic N) is 2. The van der Waals surface area contributed by atoms with Crippen LogP contribution in [0.5, 0.6) is 0 Å². The molecule has 21 heavy (non-hydrogen) atoms. The molecule has 3 atom stereocenters. The van der Waals surface area contributed by atoms with Gasteiger partial charge in [-0.15, -0.1) is 0 Å². The highest BCUT2D eigenvalue weighted by Crippen LogP contribution is 2.39. The van der Waals surface area contributed by atoms with Crippen molar-refractivity contribution >= 4 is 11.7 Å². The Balaban J connectivity index is 1.81. The second-order valence-electron chi connectivity index (χ2n) is 5.94. The molecule has 1 aliphatic carbocycles. The van der Waals surface area contributed by atoms with Crippen molar-refractivity contribution in [1.82, 2.24) is 10.2 Å². The molecule has 4 nitrogen and oxygen atoms in total. The van der Waals surface area contributed by atoms with Crippen molar-refractivity contribution < 1.29 is 9.18 Å². The minimum absolute atomic E-state index is 0.0276. The lowest BCUT2D eigenvalue weighted by atomic mass is 10.1. The maximum Gasteiger partial charge on any atom is 0.246 e. The van der Waals surface area contributed by atoms with Gasteiger partial charge in [-0.2, -0.15) is 0 Å². The summed E-state index contributed by atoms with van der Waals surface area (Å²) >= 11 is 0. The van der Waals surface area contributed by atoms with Crippen LogP contribution in [0, 0.1) is 5.92 Å². The van der Waals surface area contributed by atoms with Crippen molar-refractivity contribution in [2.24, 2.45) is 10.9 Å². The van der Waals surface area contributed by atoms with Gasteiger partial charge in [0.1, 0.15) is 0 Å². The zero-order valence-corrected chi connectivity index (χ0v) is 12.2. The van der Waals surface area contributed by atoms with Crippen molar-refractivity contribution in [2.45, 2.75) is 38.3 Å². The van der Waals surface area contributed by atoms with Gasteiger partial charge >= 0.3 is 0 Å². The summed E-state index contributed by atoms with van der Waals surface area (Å²) in [4.78, 5) is 18.3. The number of rotatable bonds is 2. The third-order valence-corrected chi connectivity index (χ3v) is 4.46. The maximum atomic E-state index is 14.0. The van der Waals surface area contributed by atoms with Gasteiger partial charge in [-0.05, 0) is 44.3 Å². The first kappa shape index (κ1) is 14.0. The van der Waals surface area contributed by atoms with E-state index in [1.54, 1.807) is 0 Å². The van der Waals surface area contributed by atoms with E-state index in [0.717, 1.165) is 25.1 Å². The fourth-order valence-electron chi connectivity index (χ4n) is 3.49. The Morgan fingerprint density at radius 3 is 3.05 bits per heavy atom. The quantitative estimate of drug-likeness (QED) is 0.793. The average molecular weight is 289 g/mol. The van der Waals surface area contributed by atoms with Gasteiger partial charge in [0, 0.05) is 12.2 Å². The first-order chi connectivity index (χ1) is 10.1. The molecular formula is C16H20FN3O. The molecule has 112 valence electrons. The predicted octanol–water partition coefficient (Wildman–Crippen LogP) is 2.31. The lowest BCUT2D eigenvalue weighted by Gasteiger charge is -2.30. The molecule has 0 spiro atoms. The molecular weight excluding hydrogens is 269 g/mol. The number of amides is 1. The summed E-state index contributed by atoms with van der Waals surface area (Å²) in [6.07, 6.45) is 7.26. The highest BCUT2D eigenvalue weighted by atomic mass is 19.1. The highest BCUT2D eigenvalue weighted by molar-refractivity contribution is 5.98. The number of likely N-dealkylation sites (tertiary alicyclic amines) is 1. The fraction of sp³-hybridized carbons (Fsp3) is 0.500. The number of aliphatic imine (C=N–C) groups is 1. The highest BCUT2D eigenvalue weighted by Gasteiger charge is 2.46. The molecule has 2 fully saturated rings. The number of allylic oxidation sites excluding steroid dienone is 3. The van der Waals surface area contributed by atoms with E-state index in [1.165, 1.54) is 12.2 Å². The molecule has 3 unspecified atom stereocenters. The Hall–Kier alpha value is -1.91. The molecule has 0 aromatic carbocycles. The van der Waals surface area contributed by atoms with E-state index in [1.807, 2.05) is 17.9 Å². The topological polar surface area (TPSA) is 44.7 Å². The average Bonchev–Trinajstić information content (AvgIpc) is 3.01. The Labute approximate surface area is 124 Å². The molecule has 1 saturated carbocycles. The lowest BCUT2D eigenvalue weighted by Crippen LogP contribution is -2.44. The van der Waals surface area contributed by atoms with Crippen LogP contribution in [0.25, 0.3) is 0 Å². The van der Waals surface area contributed by atoms with Gasteiger partial charge in [0.15, 0.2) is 11.7 Å². The Bertz CT molecular complexity index is 564. The van der Waals surface area contributed by atoms with Gasteiger partial charge in [0.05, 0.1) is 12.1 Å². The van der Waals surface area contributed by atoms with Crippen molar-refractivity contribution in [3.05, 3.63) is 36.3 Å². The molecule has 2 bridgehead atoms. The van der Waals surface area contributed by atoms with Crippen LogP contribution in [0.1, 0.15) is 26.2 Å². The van der Waals surface area contributed by atoms with E-state index in [4.69, 9.17) is 0 Å². The number of carbonyl (C=O) groups excluding carboxylic acids is 1. The normalized spacial score (nSPS) is 33.3. The number of nitrogens with one attached hydrogen (secondary N) is 1. The number of halogens is 1. The number of carbonyl (C=O) groups is 1. The van der Waals surface area contributed by atoms with Gasteiger partial charge in [-0.3, -0.25) is 9.79 Å². The van der Waals surface area contributed by atoms with Gasteiger partial charge in [-0.25, -0.2) is 4.39 Å². The molecule has 0 aromatic heterocycles. The number of amidine groups is 1. The largest absolute Gasteiger partial charge is 0.342 e. The van der Waals surface area contributed by atoms with Crippen LogP contribution in [-0.4, -0.2) is 35.3 Å². The number of hydrogen-bond acceptors (Lipinski definition) is 2. The number of piperidine rings is 1. The molecule has 1 amide bonds. The van der Waals surface area contributed by atoms with E-state index in [2.05, 4.69) is 16.9 Å². The van der Waals surface area contributed by atoms with Crippen LogP contribution >= 0.6 is 0 Å². The maximum absolute atomic E-state index is 14.0. The van der Waals surface area contributed by atoms with Crippen molar-refractivity contribution in [3.8, 4) is 0 Å². The first-order valence-corrected chi connectivity index (χ1v) is 7.39. The SMILES string of the molecule is C=CC(=O)N1CC2CC(N=C3NC(C)=CCC=C3F)C1C2. The smallest absolute Gasteiger partial charge is 0.246 e. The Kier molecular flexibility index (Phi) is 3.66. The van der Waals surface area contributed by atoms with E-state index in [0.29, 0.717) is 18.2 Å². The van der Waals surface area contributed by atoms with Crippen LogP contribution in [-0.2, 0) is 4.79 Å². The lowest BCUT2D eigenvalue weighted by molar-refractivity contribution is -0.127. The first-order valence-electron chi connectivity index (χ1n) is 7.39. The van der Waals surface area contributed by atoms with E-state index >= 15 is 0 Å². The van der Waals surface area contributed by atoms with Crippen LogP contribution in [0.3, 0.4) is 0 Å². The minimum Gasteiger partial charge on any atom is -0.342 e. The molecule has 2 heterocycles. The van der Waals surface area contributed by atoms with Gasteiger partial charge in [0.2, 0.25) is 5.91 Å². The number of fused-ring (bicyclic) bond motifs is 2. The third-order valence-electron chi connectivity index (χ3n) is 4.46. The minimum atomic E-state index is -0.313. The van der Waals surface area contributed by atoms with Gasteiger partial charge in [0.25, 0.3) is 0 Å². The molecule has 0 aromatic rings. The standard InChI is InChI=1S/C16H20FN3O/c1-3-15(21)20-9-11-7-13(14(20)8-11)19-16-12(17)6-4-5-10(2)18-16/h3,5-6,11,13-14H,1,4,7-9H2,2H3,(H,18,19).